The largest absolute Gasteiger partial charge is 0.393 e. The molecule has 0 spiro atoms. The molecule has 0 saturated carbocycles. The van der Waals surface area contributed by atoms with Crippen LogP contribution in [0.2, 0.25) is 0 Å². The summed E-state index contributed by atoms with van der Waals surface area (Å²) >= 11 is 0. The Balaban J connectivity index is 4.44. The molecule has 0 aromatic heterocycles. The van der Waals surface area contributed by atoms with Crippen molar-refractivity contribution in [1.82, 2.24) is 0 Å². The molecule has 0 aliphatic carbocycles. The Labute approximate surface area is 76.5 Å². The van der Waals surface area contributed by atoms with Gasteiger partial charge in [-0.25, -0.2) is 0 Å². The smallest absolute Gasteiger partial charge is 0.171 e. The van der Waals surface area contributed by atoms with E-state index < -0.39 is 12.6 Å². The van der Waals surface area contributed by atoms with E-state index >= 15 is 0 Å². The standard InChI is InChI=1S/C10H13F3/c1-3-5-7-9(6-4-2)8-10(11,12)13/h3-7H,8H2,1-2H3/b5-3-,6-4-,9-7+. The summed E-state index contributed by atoms with van der Waals surface area (Å²) in [4.78, 5) is 0. The maximum Gasteiger partial charge on any atom is 0.393 e. The van der Waals surface area contributed by atoms with Crippen molar-refractivity contribution in [1.29, 1.82) is 0 Å². The van der Waals surface area contributed by atoms with Crippen LogP contribution in [-0.4, -0.2) is 6.18 Å². The third-order valence-electron chi connectivity index (χ3n) is 1.29. The van der Waals surface area contributed by atoms with Crippen LogP contribution in [0.3, 0.4) is 0 Å². The Kier molecular flexibility index (Phi) is 5.19. The summed E-state index contributed by atoms with van der Waals surface area (Å²) in [6.07, 6.45) is 2.82. The Hall–Kier alpha value is -0.990. The van der Waals surface area contributed by atoms with Crippen LogP contribution < -0.4 is 0 Å². The molecule has 13 heavy (non-hydrogen) atoms. The van der Waals surface area contributed by atoms with Crippen LogP contribution in [0.15, 0.2) is 36.0 Å². The Morgan fingerprint density at radius 3 is 2.15 bits per heavy atom. The number of halogens is 3. The van der Waals surface area contributed by atoms with E-state index in [-0.39, 0.29) is 5.57 Å². The molecule has 0 amide bonds. The van der Waals surface area contributed by atoms with Gasteiger partial charge in [0.1, 0.15) is 0 Å². The lowest BCUT2D eigenvalue weighted by atomic mass is 10.1. The van der Waals surface area contributed by atoms with E-state index in [9.17, 15) is 13.2 Å². The normalized spacial score (nSPS) is 14.7. The van der Waals surface area contributed by atoms with Crippen molar-refractivity contribution >= 4 is 0 Å². The molecule has 0 saturated heterocycles. The number of hydrogen-bond donors (Lipinski definition) is 0. The van der Waals surface area contributed by atoms with E-state index in [4.69, 9.17) is 0 Å². The summed E-state index contributed by atoms with van der Waals surface area (Å²) in [6.45, 7) is 3.46. The van der Waals surface area contributed by atoms with Gasteiger partial charge in [0, 0.05) is 0 Å². The summed E-state index contributed by atoms with van der Waals surface area (Å²) in [5.41, 5.74) is 0.271. The first-order valence-electron chi connectivity index (χ1n) is 4.01. The first-order chi connectivity index (χ1) is 5.99. The fraction of sp³-hybridized carbons (Fsp3) is 0.400. The highest BCUT2D eigenvalue weighted by atomic mass is 19.4. The molecule has 0 aromatic rings. The zero-order valence-electron chi connectivity index (χ0n) is 7.73. The van der Waals surface area contributed by atoms with Gasteiger partial charge in [-0.15, -0.1) is 0 Å². The molecule has 0 aliphatic heterocycles. The molecule has 0 nitrogen and oxygen atoms in total. The van der Waals surface area contributed by atoms with E-state index in [1.807, 2.05) is 0 Å². The van der Waals surface area contributed by atoms with Gasteiger partial charge in [0.2, 0.25) is 0 Å². The summed E-state index contributed by atoms with van der Waals surface area (Å²) in [6, 6.07) is 0. The van der Waals surface area contributed by atoms with Gasteiger partial charge in [-0.2, -0.15) is 13.2 Å². The van der Waals surface area contributed by atoms with Crippen LogP contribution in [0.1, 0.15) is 20.3 Å². The lowest BCUT2D eigenvalue weighted by molar-refractivity contribution is -0.126. The van der Waals surface area contributed by atoms with Gasteiger partial charge in [-0.05, 0) is 19.4 Å². The Morgan fingerprint density at radius 2 is 1.77 bits per heavy atom. The molecule has 0 aliphatic rings. The van der Waals surface area contributed by atoms with Gasteiger partial charge in [-0.1, -0.05) is 30.4 Å². The Morgan fingerprint density at radius 1 is 1.15 bits per heavy atom. The molecule has 0 atom stereocenters. The molecule has 0 N–H and O–H groups in total. The number of rotatable bonds is 3. The van der Waals surface area contributed by atoms with Gasteiger partial charge >= 0.3 is 6.18 Å². The molecule has 3 heteroatoms. The Bertz CT molecular complexity index is 219. The molecular weight excluding hydrogens is 177 g/mol. The van der Waals surface area contributed by atoms with Crippen LogP contribution >= 0.6 is 0 Å². The van der Waals surface area contributed by atoms with Gasteiger partial charge < -0.3 is 0 Å². The predicted molar refractivity (Wildman–Crippen MR) is 48.4 cm³/mol. The maximum atomic E-state index is 12.0. The lowest BCUT2D eigenvalue weighted by Crippen LogP contribution is -2.07. The highest BCUT2D eigenvalue weighted by Gasteiger charge is 2.27. The number of hydrogen-bond acceptors (Lipinski definition) is 0. The van der Waals surface area contributed by atoms with Gasteiger partial charge in [0.15, 0.2) is 0 Å². The maximum absolute atomic E-state index is 12.0. The van der Waals surface area contributed by atoms with Crippen molar-refractivity contribution in [3.05, 3.63) is 36.0 Å². The second-order valence-corrected chi connectivity index (χ2v) is 2.56. The van der Waals surface area contributed by atoms with Crippen molar-refractivity contribution in [2.24, 2.45) is 0 Å². The van der Waals surface area contributed by atoms with Crippen LogP contribution in [-0.2, 0) is 0 Å². The fourth-order valence-electron chi connectivity index (χ4n) is 0.839. The van der Waals surface area contributed by atoms with E-state index in [2.05, 4.69) is 0 Å². The number of alkyl halides is 3. The predicted octanol–water partition coefficient (Wildman–Crippen LogP) is 4.02. The highest BCUT2D eigenvalue weighted by Crippen LogP contribution is 2.25. The van der Waals surface area contributed by atoms with Crippen molar-refractivity contribution in [3.8, 4) is 0 Å². The number of allylic oxidation sites excluding steroid dienone is 6. The molecule has 0 bridgehead atoms. The fourth-order valence-corrected chi connectivity index (χ4v) is 0.839. The van der Waals surface area contributed by atoms with E-state index in [1.165, 1.54) is 12.2 Å². The average Bonchev–Trinajstić information content (AvgIpc) is 1.98. The van der Waals surface area contributed by atoms with Crippen molar-refractivity contribution in [2.75, 3.05) is 0 Å². The van der Waals surface area contributed by atoms with Gasteiger partial charge in [0.25, 0.3) is 0 Å². The third kappa shape index (κ3) is 7.37. The molecule has 74 valence electrons. The zero-order valence-corrected chi connectivity index (χ0v) is 7.73. The van der Waals surface area contributed by atoms with E-state index in [0.717, 1.165) is 0 Å². The minimum atomic E-state index is -4.13. The zero-order chi connectivity index (χ0) is 10.3. The van der Waals surface area contributed by atoms with E-state index in [0.29, 0.717) is 0 Å². The average molecular weight is 190 g/mol. The highest BCUT2D eigenvalue weighted by molar-refractivity contribution is 5.24. The topological polar surface area (TPSA) is 0 Å². The van der Waals surface area contributed by atoms with Crippen LogP contribution in [0.5, 0.6) is 0 Å². The van der Waals surface area contributed by atoms with Crippen molar-refractivity contribution in [2.45, 2.75) is 26.4 Å². The summed E-state index contributed by atoms with van der Waals surface area (Å²) in [7, 11) is 0. The van der Waals surface area contributed by atoms with Crippen LogP contribution in [0, 0.1) is 0 Å². The van der Waals surface area contributed by atoms with Crippen LogP contribution in [0.25, 0.3) is 0 Å². The first kappa shape index (κ1) is 12.0. The van der Waals surface area contributed by atoms with Crippen molar-refractivity contribution < 1.29 is 13.2 Å². The quantitative estimate of drug-likeness (QED) is 0.589. The summed E-state index contributed by atoms with van der Waals surface area (Å²) < 4.78 is 35.9. The minimum absolute atomic E-state index is 0.271. The van der Waals surface area contributed by atoms with Crippen LogP contribution in [0.4, 0.5) is 13.2 Å². The van der Waals surface area contributed by atoms with Crippen molar-refractivity contribution in [3.63, 3.8) is 0 Å². The third-order valence-corrected chi connectivity index (χ3v) is 1.29. The van der Waals surface area contributed by atoms with Gasteiger partial charge in [-0.3, -0.25) is 0 Å². The summed E-state index contributed by atoms with van der Waals surface area (Å²) in [5.74, 6) is 0. The second kappa shape index (κ2) is 5.62. The molecule has 0 heterocycles. The molecular formula is C10H13F3. The monoisotopic (exact) mass is 190 g/mol. The SMILES string of the molecule is C\C=C/C=C(\C=C/C)CC(F)(F)F. The molecule has 0 aromatic carbocycles. The van der Waals surface area contributed by atoms with Gasteiger partial charge in [0.05, 0.1) is 6.42 Å². The molecule has 0 rings (SSSR count). The molecule has 0 unspecified atom stereocenters. The minimum Gasteiger partial charge on any atom is -0.171 e. The second-order valence-electron chi connectivity index (χ2n) is 2.56. The molecule has 0 radical (unpaired) electrons. The first-order valence-corrected chi connectivity index (χ1v) is 4.01. The lowest BCUT2D eigenvalue weighted by Gasteiger charge is -2.05. The van der Waals surface area contributed by atoms with E-state index in [1.54, 1.807) is 32.1 Å². The molecule has 0 fully saturated rings. The summed E-state index contributed by atoms with van der Waals surface area (Å²) in [5, 5.41) is 0.